The number of aliphatic hydroxyl groups excluding tert-OH is 1. The van der Waals surface area contributed by atoms with E-state index in [0.717, 1.165) is 38.5 Å². The van der Waals surface area contributed by atoms with Gasteiger partial charge in [-0.3, -0.25) is 4.79 Å². The summed E-state index contributed by atoms with van der Waals surface area (Å²) < 4.78 is 16.0. The van der Waals surface area contributed by atoms with Crippen LogP contribution < -0.4 is 5.32 Å². The molecule has 2 N–H and O–H groups in total. The Morgan fingerprint density at radius 1 is 1.00 bits per heavy atom. The van der Waals surface area contributed by atoms with Crippen molar-refractivity contribution in [3.05, 3.63) is 0 Å². The van der Waals surface area contributed by atoms with Crippen molar-refractivity contribution in [3.8, 4) is 0 Å². The molecule has 0 aliphatic rings. The molecule has 0 spiro atoms. The van der Waals surface area contributed by atoms with Crippen LogP contribution in [-0.2, 0) is 18.1 Å². The molecule has 0 aliphatic heterocycles. The molecular formula is C17H37NO5Si. The highest BCUT2D eigenvalue weighted by Gasteiger charge is 2.36. The summed E-state index contributed by atoms with van der Waals surface area (Å²) in [7, 11) is 2.25. The average molecular weight is 364 g/mol. The van der Waals surface area contributed by atoms with Crippen molar-refractivity contribution in [3.63, 3.8) is 0 Å². The first kappa shape index (κ1) is 23.5. The monoisotopic (exact) mass is 363 g/mol. The fourth-order valence-electron chi connectivity index (χ4n) is 2.62. The van der Waals surface area contributed by atoms with Crippen LogP contribution in [0.2, 0.25) is 6.04 Å². The van der Waals surface area contributed by atoms with E-state index in [9.17, 15) is 9.90 Å². The number of nitrogens with one attached hydrogen (secondary N) is 1. The molecule has 0 saturated carbocycles. The van der Waals surface area contributed by atoms with Gasteiger partial charge in [0.2, 0.25) is 5.91 Å². The lowest BCUT2D eigenvalue weighted by atomic mass is 10.0. The van der Waals surface area contributed by atoms with E-state index in [0.29, 0.717) is 19.0 Å². The summed E-state index contributed by atoms with van der Waals surface area (Å²) in [6.07, 6.45) is 7.91. The molecule has 7 heteroatoms. The number of carbonyl (C=O) groups is 1. The molecule has 0 aromatic carbocycles. The quantitative estimate of drug-likeness (QED) is 0.326. The molecule has 0 saturated heterocycles. The molecule has 1 amide bonds. The zero-order valence-electron chi connectivity index (χ0n) is 15.9. The highest BCUT2D eigenvalue weighted by atomic mass is 28.4. The standard InChI is InChI=1S/C17H37NO5Si/c1-5-6-7-11-16(19)12-8-9-13-17(20)18-14-10-15-24(21-2,22-3)23-4/h16,19H,5-15H2,1-4H3,(H,18,20). The van der Waals surface area contributed by atoms with E-state index in [4.69, 9.17) is 13.3 Å². The van der Waals surface area contributed by atoms with Gasteiger partial charge in [0.25, 0.3) is 0 Å². The normalized spacial score (nSPS) is 13.0. The smallest absolute Gasteiger partial charge is 0.393 e. The molecule has 0 aromatic heterocycles. The van der Waals surface area contributed by atoms with E-state index in [1.165, 1.54) is 12.8 Å². The van der Waals surface area contributed by atoms with Crippen molar-refractivity contribution in [2.24, 2.45) is 0 Å². The highest BCUT2D eigenvalue weighted by molar-refractivity contribution is 6.60. The van der Waals surface area contributed by atoms with Crippen molar-refractivity contribution in [1.82, 2.24) is 5.32 Å². The van der Waals surface area contributed by atoms with Gasteiger partial charge in [0.05, 0.1) is 6.10 Å². The Labute approximate surface area is 148 Å². The summed E-state index contributed by atoms with van der Waals surface area (Å²) in [5, 5.41) is 12.7. The van der Waals surface area contributed by atoms with Gasteiger partial charge in [-0.1, -0.05) is 32.6 Å². The van der Waals surface area contributed by atoms with Crippen LogP contribution in [0.25, 0.3) is 0 Å². The molecule has 144 valence electrons. The summed E-state index contributed by atoms with van der Waals surface area (Å²) in [6, 6.07) is 0.681. The maximum atomic E-state index is 11.8. The number of hydrogen-bond acceptors (Lipinski definition) is 5. The van der Waals surface area contributed by atoms with Gasteiger partial charge in [0.1, 0.15) is 0 Å². The Morgan fingerprint density at radius 2 is 1.58 bits per heavy atom. The van der Waals surface area contributed by atoms with E-state index in [2.05, 4.69) is 12.2 Å². The van der Waals surface area contributed by atoms with Crippen molar-refractivity contribution >= 4 is 14.7 Å². The second-order valence-corrected chi connectivity index (χ2v) is 9.24. The van der Waals surface area contributed by atoms with Crippen molar-refractivity contribution in [2.45, 2.75) is 76.9 Å². The number of rotatable bonds is 16. The van der Waals surface area contributed by atoms with E-state index < -0.39 is 8.80 Å². The molecule has 0 heterocycles. The van der Waals surface area contributed by atoms with E-state index in [1.807, 2.05) is 0 Å². The Kier molecular flexibility index (Phi) is 14.5. The Balaban J connectivity index is 3.63. The highest BCUT2D eigenvalue weighted by Crippen LogP contribution is 2.14. The lowest BCUT2D eigenvalue weighted by Gasteiger charge is -2.24. The summed E-state index contributed by atoms with van der Waals surface area (Å²) in [5.41, 5.74) is 0. The molecule has 0 aromatic rings. The second-order valence-electron chi connectivity index (χ2n) is 6.14. The van der Waals surface area contributed by atoms with Gasteiger partial charge < -0.3 is 23.7 Å². The predicted molar refractivity (Wildman–Crippen MR) is 97.8 cm³/mol. The number of carbonyl (C=O) groups excluding carboxylic acids is 1. The third kappa shape index (κ3) is 11.1. The molecular weight excluding hydrogens is 326 g/mol. The maximum Gasteiger partial charge on any atom is 0.500 e. The van der Waals surface area contributed by atoms with Crippen molar-refractivity contribution in [2.75, 3.05) is 27.9 Å². The molecule has 0 bridgehead atoms. The average Bonchev–Trinajstić information content (AvgIpc) is 2.60. The minimum atomic E-state index is -2.53. The first-order valence-corrected chi connectivity index (χ1v) is 11.1. The maximum absolute atomic E-state index is 11.8. The van der Waals surface area contributed by atoms with Crippen molar-refractivity contribution in [1.29, 1.82) is 0 Å². The molecule has 1 atom stereocenters. The lowest BCUT2D eigenvalue weighted by Crippen LogP contribution is -2.43. The van der Waals surface area contributed by atoms with Crippen LogP contribution in [0.3, 0.4) is 0 Å². The van der Waals surface area contributed by atoms with Gasteiger partial charge in [0.15, 0.2) is 0 Å². The van der Waals surface area contributed by atoms with Gasteiger partial charge in [-0.05, 0) is 25.7 Å². The predicted octanol–water partition coefficient (Wildman–Crippen LogP) is 2.87. The number of hydrogen-bond donors (Lipinski definition) is 2. The zero-order valence-corrected chi connectivity index (χ0v) is 16.9. The lowest BCUT2D eigenvalue weighted by molar-refractivity contribution is -0.121. The van der Waals surface area contributed by atoms with Gasteiger partial charge in [-0.2, -0.15) is 0 Å². The summed E-state index contributed by atoms with van der Waals surface area (Å²) in [5.74, 6) is 0.0648. The summed E-state index contributed by atoms with van der Waals surface area (Å²) in [6.45, 7) is 2.76. The van der Waals surface area contributed by atoms with Crippen LogP contribution in [0.1, 0.15) is 64.7 Å². The summed E-state index contributed by atoms with van der Waals surface area (Å²) in [4.78, 5) is 11.8. The molecule has 1 unspecified atom stereocenters. The number of unbranched alkanes of at least 4 members (excludes halogenated alkanes) is 3. The fourth-order valence-corrected chi connectivity index (χ4v) is 4.34. The molecule has 0 rings (SSSR count). The molecule has 24 heavy (non-hydrogen) atoms. The van der Waals surface area contributed by atoms with Crippen LogP contribution in [0, 0.1) is 0 Å². The Bertz CT molecular complexity index is 305. The Morgan fingerprint density at radius 3 is 2.12 bits per heavy atom. The Hall–Kier alpha value is -0.473. The van der Waals surface area contributed by atoms with E-state index in [1.54, 1.807) is 21.3 Å². The second kappa shape index (κ2) is 14.8. The fraction of sp³-hybridized carbons (Fsp3) is 0.941. The van der Waals surface area contributed by atoms with E-state index >= 15 is 0 Å². The van der Waals surface area contributed by atoms with Gasteiger partial charge in [-0.25, -0.2) is 0 Å². The first-order valence-electron chi connectivity index (χ1n) is 9.13. The van der Waals surface area contributed by atoms with Gasteiger partial charge >= 0.3 is 8.80 Å². The van der Waals surface area contributed by atoms with Gasteiger partial charge in [0, 0.05) is 40.3 Å². The van der Waals surface area contributed by atoms with Crippen LogP contribution in [-0.4, -0.2) is 53.8 Å². The molecule has 0 fully saturated rings. The minimum Gasteiger partial charge on any atom is -0.393 e. The number of amides is 1. The molecule has 6 nitrogen and oxygen atoms in total. The van der Waals surface area contributed by atoms with Crippen LogP contribution >= 0.6 is 0 Å². The first-order chi connectivity index (χ1) is 11.5. The van der Waals surface area contributed by atoms with E-state index in [-0.39, 0.29) is 12.0 Å². The zero-order chi connectivity index (χ0) is 18.3. The summed E-state index contributed by atoms with van der Waals surface area (Å²) >= 11 is 0. The SMILES string of the molecule is CCCCCC(O)CCCCC(=O)NCCC[Si](OC)(OC)OC. The van der Waals surface area contributed by atoms with Crippen LogP contribution in [0.4, 0.5) is 0 Å². The number of aliphatic hydroxyl groups is 1. The topological polar surface area (TPSA) is 77.0 Å². The van der Waals surface area contributed by atoms with Crippen LogP contribution in [0.5, 0.6) is 0 Å². The van der Waals surface area contributed by atoms with Crippen molar-refractivity contribution < 1.29 is 23.2 Å². The molecule has 0 aliphatic carbocycles. The van der Waals surface area contributed by atoms with Crippen LogP contribution in [0.15, 0.2) is 0 Å². The van der Waals surface area contributed by atoms with Gasteiger partial charge in [-0.15, -0.1) is 0 Å². The largest absolute Gasteiger partial charge is 0.500 e. The third-order valence-corrected chi connectivity index (χ3v) is 7.08. The minimum absolute atomic E-state index is 0.0648. The third-order valence-electron chi connectivity index (χ3n) is 4.25. The molecule has 0 radical (unpaired) electrons.